The fourth-order valence-electron chi connectivity index (χ4n) is 2.17. The van der Waals surface area contributed by atoms with E-state index in [2.05, 4.69) is 0 Å². The lowest BCUT2D eigenvalue weighted by atomic mass is 10.0. The Labute approximate surface area is 142 Å². The maximum absolute atomic E-state index is 12.3. The van der Waals surface area contributed by atoms with E-state index in [0.29, 0.717) is 16.3 Å². The average molecular weight is 351 g/mol. The summed E-state index contributed by atoms with van der Waals surface area (Å²) in [5.74, 6) is 0.457. The monoisotopic (exact) mass is 350 g/mol. The summed E-state index contributed by atoms with van der Waals surface area (Å²) in [6.07, 6.45) is 1.63. The fourth-order valence-corrected chi connectivity index (χ4v) is 3.62. The van der Waals surface area contributed by atoms with Gasteiger partial charge in [-0.2, -0.15) is 0 Å². The number of ether oxygens (including phenoxy) is 1. The number of rotatable bonds is 5. The molecule has 0 aliphatic heterocycles. The number of methoxy groups -OCH3 is 1. The number of benzene rings is 2. The van der Waals surface area contributed by atoms with Crippen LogP contribution in [0.15, 0.2) is 41.8 Å². The van der Waals surface area contributed by atoms with E-state index in [9.17, 15) is 8.42 Å². The Hall–Kier alpha value is -1.78. The molecule has 0 aromatic heterocycles. The van der Waals surface area contributed by atoms with Crippen molar-refractivity contribution >= 4 is 27.5 Å². The molecule has 3 nitrogen and oxygen atoms in total. The lowest BCUT2D eigenvalue weighted by molar-refractivity contribution is 0.414. The van der Waals surface area contributed by atoms with Crippen molar-refractivity contribution in [2.45, 2.75) is 19.6 Å². The third kappa shape index (κ3) is 4.60. The highest BCUT2D eigenvalue weighted by Gasteiger charge is 2.12. The highest BCUT2D eigenvalue weighted by molar-refractivity contribution is 7.93. The zero-order chi connectivity index (χ0) is 17.0. The van der Waals surface area contributed by atoms with Gasteiger partial charge in [-0.25, -0.2) is 8.42 Å². The Morgan fingerprint density at radius 3 is 2.57 bits per heavy atom. The lowest BCUT2D eigenvalue weighted by Gasteiger charge is -2.06. The molecule has 0 radical (unpaired) electrons. The quantitative estimate of drug-likeness (QED) is 0.794. The van der Waals surface area contributed by atoms with Gasteiger partial charge in [0.05, 0.1) is 12.9 Å². The number of sulfone groups is 1. The summed E-state index contributed by atoms with van der Waals surface area (Å²) >= 11 is 6.11. The minimum Gasteiger partial charge on any atom is -0.497 e. The van der Waals surface area contributed by atoms with Crippen molar-refractivity contribution < 1.29 is 13.2 Å². The maximum atomic E-state index is 12.3. The van der Waals surface area contributed by atoms with Crippen LogP contribution in [0.3, 0.4) is 0 Å². The van der Waals surface area contributed by atoms with Crippen LogP contribution < -0.4 is 4.74 Å². The highest BCUT2D eigenvalue weighted by atomic mass is 35.5. The molecule has 0 saturated carbocycles. The molecule has 5 heteroatoms. The SMILES string of the molecule is COc1ccc(CS(=O)(=O)C=Cc2cccc(C)c2C)c(Cl)c1. The van der Waals surface area contributed by atoms with Crippen molar-refractivity contribution in [2.24, 2.45) is 0 Å². The number of hydrogen-bond acceptors (Lipinski definition) is 3. The zero-order valence-corrected chi connectivity index (χ0v) is 14.9. The summed E-state index contributed by atoms with van der Waals surface area (Å²) in [6, 6.07) is 10.8. The van der Waals surface area contributed by atoms with Crippen LogP contribution in [0.4, 0.5) is 0 Å². The standard InChI is InChI=1S/C18H19ClO3S/c1-13-5-4-6-15(14(13)2)9-10-23(20,21)12-16-7-8-17(22-3)11-18(16)19/h4-11H,12H2,1-3H3. The van der Waals surface area contributed by atoms with Gasteiger partial charge in [0, 0.05) is 10.4 Å². The van der Waals surface area contributed by atoms with Gasteiger partial charge in [0.1, 0.15) is 5.75 Å². The van der Waals surface area contributed by atoms with Crippen LogP contribution in [-0.4, -0.2) is 15.5 Å². The van der Waals surface area contributed by atoms with Crippen LogP contribution in [-0.2, 0) is 15.6 Å². The second-order valence-electron chi connectivity index (χ2n) is 5.36. The van der Waals surface area contributed by atoms with Crippen LogP contribution in [0, 0.1) is 13.8 Å². The second kappa shape index (κ2) is 7.20. The normalized spacial score (nSPS) is 11.8. The van der Waals surface area contributed by atoms with Gasteiger partial charge in [-0.3, -0.25) is 0 Å². The van der Waals surface area contributed by atoms with Gasteiger partial charge < -0.3 is 4.74 Å². The summed E-state index contributed by atoms with van der Waals surface area (Å²) in [5.41, 5.74) is 3.65. The van der Waals surface area contributed by atoms with E-state index in [1.807, 2.05) is 32.0 Å². The minimum atomic E-state index is -3.41. The Morgan fingerprint density at radius 1 is 1.17 bits per heavy atom. The molecule has 0 saturated heterocycles. The molecular weight excluding hydrogens is 332 g/mol. The van der Waals surface area contributed by atoms with Gasteiger partial charge in [-0.1, -0.05) is 35.9 Å². The van der Waals surface area contributed by atoms with Crippen LogP contribution in [0.2, 0.25) is 5.02 Å². The summed E-state index contributed by atoms with van der Waals surface area (Å²) in [6.45, 7) is 3.97. The molecule has 0 aliphatic rings. The van der Waals surface area contributed by atoms with Gasteiger partial charge in [0.15, 0.2) is 9.84 Å². The largest absolute Gasteiger partial charge is 0.497 e. The summed E-state index contributed by atoms with van der Waals surface area (Å²) in [7, 11) is -1.87. The minimum absolute atomic E-state index is 0.142. The molecule has 0 bridgehead atoms. The molecule has 0 atom stereocenters. The molecule has 0 unspecified atom stereocenters. The summed E-state index contributed by atoms with van der Waals surface area (Å²) in [5, 5.41) is 1.63. The third-order valence-electron chi connectivity index (χ3n) is 3.72. The average Bonchev–Trinajstić information content (AvgIpc) is 2.50. The molecule has 0 aliphatic carbocycles. The molecule has 23 heavy (non-hydrogen) atoms. The van der Waals surface area contributed by atoms with Crippen molar-refractivity contribution in [3.8, 4) is 5.75 Å². The van der Waals surface area contributed by atoms with Gasteiger partial charge in [0.25, 0.3) is 0 Å². The highest BCUT2D eigenvalue weighted by Crippen LogP contribution is 2.24. The Kier molecular flexibility index (Phi) is 5.50. The second-order valence-corrected chi connectivity index (χ2v) is 7.65. The van der Waals surface area contributed by atoms with Crippen molar-refractivity contribution in [1.82, 2.24) is 0 Å². The number of aryl methyl sites for hydroxylation is 1. The van der Waals surface area contributed by atoms with Crippen molar-refractivity contribution in [3.05, 3.63) is 69.1 Å². The summed E-state index contributed by atoms with van der Waals surface area (Å²) < 4.78 is 29.7. The topological polar surface area (TPSA) is 43.4 Å². The van der Waals surface area contributed by atoms with E-state index >= 15 is 0 Å². The predicted molar refractivity (Wildman–Crippen MR) is 95.6 cm³/mol. The van der Waals surface area contributed by atoms with Crippen LogP contribution >= 0.6 is 11.6 Å². The predicted octanol–water partition coefficient (Wildman–Crippen LogP) is 4.55. The van der Waals surface area contributed by atoms with E-state index < -0.39 is 9.84 Å². The van der Waals surface area contributed by atoms with Gasteiger partial charge in [0.2, 0.25) is 0 Å². The van der Waals surface area contributed by atoms with Crippen LogP contribution in [0.25, 0.3) is 6.08 Å². The number of hydrogen-bond donors (Lipinski definition) is 0. The molecule has 0 heterocycles. The molecule has 122 valence electrons. The van der Waals surface area contributed by atoms with E-state index in [1.54, 1.807) is 24.3 Å². The van der Waals surface area contributed by atoms with Gasteiger partial charge in [-0.15, -0.1) is 0 Å². The zero-order valence-electron chi connectivity index (χ0n) is 13.3. The first-order chi connectivity index (χ1) is 10.8. The van der Waals surface area contributed by atoms with E-state index in [0.717, 1.165) is 16.7 Å². The van der Waals surface area contributed by atoms with Crippen LogP contribution in [0.1, 0.15) is 22.3 Å². The Bertz CT molecular complexity index is 839. The molecule has 0 N–H and O–H groups in total. The van der Waals surface area contributed by atoms with Crippen molar-refractivity contribution in [2.75, 3.05) is 7.11 Å². The van der Waals surface area contributed by atoms with Gasteiger partial charge >= 0.3 is 0 Å². The Balaban J connectivity index is 2.22. The molecule has 0 fully saturated rings. The molecule has 2 aromatic carbocycles. The third-order valence-corrected chi connectivity index (χ3v) is 5.33. The van der Waals surface area contributed by atoms with E-state index in [-0.39, 0.29) is 5.75 Å². The molecule has 2 rings (SSSR count). The smallest absolute Gasteiger partial charge is 0.175 e. The summed E-state index contributed by atoms with van der Waals surface area (Å²) in [4.78, 5) is 0. The first kappa shape index (κ1) is 17.6. The first-order valence-electron chi connectivity index (χ1n) is 7.12. The molecule has 0 spiro atoms. The molecule has 0 amide bonds. The maximum Gasteiger partial charge on any atom is 0.175 e. The van der Waals surface area contributed by atoms with E-state index in [1.165, 1.54) is 12.5 Å². The molecular formula is C18H19ClO3S. The molecule has 2 aromatic rings. The lowest BCUT2D eigenvalue weighted by Crippen LogP contribution is -2.01. The van der Waals surface area contributed by atoms with Crippen molar-refractivity contribution in [3.63, 3.8) is 0 Å². The van der Waals surface area contributed by atoms with Gasteiger partial charge in [-0.05, 0) is 54.3 Å². The van der Waals surface area contributed by atoms with E-state index in [4.69, 9.17) is 16.3 Å². The van der Waals surface area contributed by atoms with Crippen LogP contribution in [0.5, 0.6) is 5.75 Å². The van der Waals surface area contributed by atoms with Crippen molar-refractivity contribution in [1.29, 1.82) is 0 Å². The first-order valence-corrected chi connectivity index (χ1v) is 9.21. The Morgan fingerprint density at radius 2 is 1.91 bits per heavy atom. The fraction of sp³-hybridized carbons (Fsp3) is 0.222. The number of halogens is 1.